The van der Waals surface area contributed by atoms with E-state index in [-0.39, 0.29) is 0 Å². The first-order chi connectivity index (χ1) is 11.4. The summed E-state index contributed by atoms with van der Waals surface area (Å²) < 4.78 is 0. The monoisotopic (exact) mass is 302 g/mol. The van der Waals surface area contributed by atoms with Gasteiger partial charge in [-0.2, -0.15) is 0 Å². The van der Waals surface area contributed by atoms with Gasteiger partial charge in [-0.25, -0.2) is 0 Å². The number of hydrogen-bond donors (Lipinski definition) is 2. The summed E-state index contributed by atoms with van der Waals surface area (Å²) in [5, 5.41) is 2.76. The third-order valence-electron chi connectivity index (χ3n) is 4.74. The highest BCUT2D eigenvalue weighted by atomic mass is 14.7. The van der Waals surface area contributed by atoms with Gasteiger partial charge in [-0.05, 0) is 48.9 Å². The molecule has 2 heteroatoms. The van der Waals surface area contributed by atoms with Crippen molar-refractivity contribution in [1.29, 1.82) is 0 Å². The van der Waals surface area contributed by atoms with E-state index in [1.165, 1.54) is 52.2 Å². The van der Waals surface area contributed by atoms with Gasteiger partial charge in [0.05, 0.1) is 0 Å². The fraction of sp³-hybridized carbons (Fsp3) is 0.238. The van der Waals surface area contributed by atoms with Crippen molar-refractivity contribution in [3.8, 4) is 0 Å². The summed E-state index contributed by atoms with van der Waals surface area (Å²) in [5.41, 5.74) is 5.41. The number of aryl methyl sites for hydroxylation is 2. The lowest BCUT2D eigenvalue weighted by molar-refractivity contribution is 0.681. The fourth-order valence-electron chi connectivity index (χ4n) is 3.48. The number of aromatic nitrogens is 2. The Morgan fingerprint density at radius 1 is 0.565 bits per heavy atom. The van der Waals surface area contributed by atoms with Gasteiger partial charge >= 0.3 is 0 Å². The van der Waals surface area contributed by atoms with E-state index in [0.29, 0.717) is 0 Å². The normalized spacial score (nSPS) is 11.5. The molecule has 2 N–H and O–H groups in total. The highest BCUT2D eigenvalue weighted by Crippen LogP contribution is 2.22. The summed E-state index contributed by atoms with van der Waals surface area (Å²) >= 11 is 0. The SMILES string of the molecule is c1ccc2c(CCCCCc3c[nH]c4ccccc34)c[nH]c2c1. The van der Waals surface area contributed by atoms with Crippen LogP contribution >= 0.6 is 0 Å². The Kier molecular flexibility index (Phi) is 3.89. The summed E-state index contributed by atoms with van der Waals surface area (Å²) in [5.74, 6) is 0. The Morgan fingerprint density at radius 2 is 1.04 bits per heavy atom. The van der Waals surface area contributed by atoms with Gasteiger partial charge in [0, 0.05) is 34.2 Å². The lowest BCUT2D eigenvalue weighted by Crippen LogP contribution is -1.87. The molecular weight excluding hydrogens is 280 g/mol. The molecule has 0 bridgehead atoms. The molecule has 23 heavy (non-hydrogen) atoms. The van der Waals surface area contributed by atoms with Crippen molar-refractivity contribution in [2.45, 2.75) is 32.1 Å². The van der Waals surface area contributed by atoms with Crippen molar-refractivity contribution in [3.05, 3.63) is 72.1 Å². The highest BCUT2D eigenvalue weighted by Gasteiger charge is 2.04. The average Bonchev–Trinajstić information content (AvgIpc) is 3.19. The van der Waals surface area contributed by atoms with Crippen molar-refractivity contribution in [3.63, 3.8) is 0 Å². The third-order valence-corrected chi connectivity index (χ3v) is 4.74. The van der Waals surface area contributed by atoms with Crippen molar-refractivity contribution in [2.75, 3.05) is 0 Å². The first-order valence-electron chi connectivity index (χ1n) is 8.52. The molecule has 0 aliphatic rings. The lowest BCUT2D eigenvalue weighted by Gasteiger charge is -2.01. The van der Waals surface area contributed by atoms with Gasteiger partial charge in [0.15, 0.2) is 0 Å². The second-order valence-electron chi connectivity index (χ2n) is 6.28. The molecule has 0 aliphatic carbocycles. The van der Waals surface area contributed by atoms with Gasteiger partial charge in [0.25, 0.3) is 0 Å². The van der Waals surface area contributed by atoms with E-state index in [2.05, 4.69) is 70.9 Å². The highest BCUT2D eigenvalue weighted by molar-refractivity contribution is 5.83. The molecule has 2 aromatic carbocycles. The second kappa shape index (κ2) is 6.33. The first-order valence-corrected chi connectivity index (χ1v) is 8.52. The van der Waals surface area contributed by atoms with Crippen LogP contribution in [-0.2, 0) is 12.8 Å². The maximum Gasteiger partial charge on any atom is 0.0456 e. The van der Waals surface area contributed by atoms with Crippen LogP contribution in [0.5, 0.6) is 0 Å². The zero-order valence-electron chi connectivity index (χ0n) is 13.3. The second-order valence-corrected chi connectivity index (χ2v) is 6.28. The molecule has 0 saturated heterocycles. The number of unbranched alkanes of at least 4 members (excludes halogenated alkanes) is 2. The number of aromatic amines is 2. The smallest absolute Gasteiger partial charge is 0.0456 e. The maximum absolute atomic E-state index is 3.37. The Hall–Kier alpha value is -2.48. The summed E-state index contributed by atoms with van der Waals surface area (Å²) in [4.78, 5) is 6.73. The van der Waals surface area contributed by atoms with Gasteiger partial charge in [-0.1, -0.05) is 42.8 Å². The number of rotatable bonds is 6. The Morgan fingerprint density at radius 3 is 1.57 bits per heavy atom. The number of fused-ring (bicyclic) bond motifs is 2. The zero-order chi connectivity index (χ0) is 15.5. The number of nitrogens with one attached hydrogen (secondary N) is 2. The topological polar surface area (TPSA) is 31.6 Å². The van der Waals surface area contributed by atoms with Crippen molar-refractivity contribution in [2.24, 2.45) is 0 Å². The van der Waals surface area contributed by atoms with Crippen LogP contribution in [0.3, 0.4) is 0 Å². The fourth-order valence-corrected chi connectivity index (χ4v) is 3.48. The minimum absolute atomic E-state index is 1.16. The minimum atomic E-state index is 1.16. The average molecular weight is 302 g/mol. The molecule has 0 saturated carbocycles. The first kappa shape index (κ1) is 14.1. The van der Waals surface area contributed by atoms with Gasteiger partial charge in [0.1, 0.15) is 0 Å². The predicted octanol–water partition coefficient (Wildman–Crippen LogP) is 5.60. The molecule has 0 unspecified atom stereocenters. The molecule has 116 valence electrons. The van der Waals surface area contributed by atoms with Crippen molar-refractivity contribution >= 4 is 21.8 Å². The van der Waals surface area contributed by atoms with Crippen molar-refractivity contribution in [1.82, 2.24) is 9.97 Å². The molecular formula is C21H22N2. The Labute approximate surface area is 136 Å². The minimum Gasteiger partial charge on any atom is -0.361 e. The van der Waals surface area contributed by atoms with Gasteiger partial charge in [-0.15, -0.1) is 0 Å². The van der Waals surface area contributed by atoms with Gasteiger partial charge in [-0.3, -0.25) is 0 Å². The van der Waals surface area contributed by atoms with E-state index in [9.17, 15) is 0 Å². The summed E-state index contributed by atoms with van der Waals surface area (Å²) in [7, 11) is 0. The van der Waals surface area contributed by atoms with Crippen LogP contribution in [0, 0.1) is 0 Å². The van der Waals surface area contributed by atoms with E-state index < -0.39 is 0 Å². The van der Waals surface area contributed by atoms with E-state index in [4.69, 9.17) is 0 Å². The van der Waals surface area contributed by atoms with E-state index in [1.54, 1.807) is 0 Å². The van der Waals surface area contributed by atoms with Crippen LogP contribution in [-0.4, -0.2) is 9.97 Å². The van der Waals surface area contributed by atoms with Gasteiger partial charge in [0.2, 0.25) is 0 Å². The zero-order valence-corrected chi connectivity index (χ0v) is 13.3. The van der Waals surface area contributed by atoms with Crippen LogP contribution in [0.2, 0.25) is 0 Å². The van der Waals surface area contributed by atoms with E-state index in [0.717, 1.165) is 12.8 Å². The van der Waals surface area contributed by atoms with Gasteiger partial charge < -0.3 is 9.97 Å². The molecule has 2 aromatic heterocycles. The molecule has 0 radical (unpaired) electrons. The van der Waals surface area contributed by atoms with Crippen LogP contribution < -0.4 is 0 Å². The summed E-state index contributed by atoms with van der Waals surface area (Å²) in [6.07, 6.45) is 10.5. The Balaban J connectivity index is 1.31. The molecule has 0 fully saturated rings. The van der Waals surface area contributed by atoms with E-state index in [1.807, 2.05) is 0 Å². The molecule has 0 spiro atoms. The lowest BCUT2D eigenvalue weighted by atomic mass is 10.0. The summed E-state index contributed by atoms with van der Waals surface area (Å²) in [6.45, 7) is 0. The molecule has 2 heterocycles. The molecule has 2 nitrogen and oxygen atoms in total. The number of H-pyrrole nitrogens is 2. The largest absolute Gasteiger partial charge is 0.361 e. The quantitative estimate of drug-likeness (QED) is 0.434. The van der Waals surface area contributed by atoms with E-state index >= 15 is 0 Å². The number of para-hydroxylation sites is 2. The standard InChI is InChI=1S/C21H22N2/c1(2-8-16-14-22-20-12-6-4-10-18(16)20)3-9-17-15-23-21-13-7-5-11-19(17)21/h4-7,10-15,22-23H,1-3,8-9H2. The molecule has 4 aromatic rings. The van der Waals surface area contributed by atoms with Crippen molar-refractivity contribution < 1.29 is 0 Å². The summed E-state index contributed by atoms with van der Waals surface area (Å²) in [6, 6.07) is 17.1. The van der Waals surface area contributed by atoms with Crippen LogP contribution in [0.4, 0.5) is 0 Å². The van der Waals surface area contributed by atoms with Crippen LogP contribution in [0.15, 0.2) is 60.9 Å². The molecule has 0 amide bonds. The van der Waals surface area contributed by atoms with Crippen LogP contribution in [0.1, 0.15) is 30.4 Å². The van der Waals surface area contributed by atoms with Crippen LogP contribution in [0.25, 0.3) is 21.8 Å². The number of benzene rings is 2. The molecule has 0 atom stereocenters. The third kappa shape index (κ3) is 2.89. The molecule has 4 rings (SSSR count). The number of hydrogen-bond acceptors (Lipinski definition) is 0. The maximum atomic E-state index is 3.37. The predicted molar refractivity (Wildman–Crippen MR) is 97.9 cm³/mol. The Bertz CT molecular complexity index is 838. The molecule has 0 aliphatic heterocycles.